The van der Waals surface area contributed by atoms with Crippen LogP contribution in [0.2, 0.25) is 0 Å². The standard InChI is InChI=1S/C16H24N4O2/c1-5-6-19(7-8-21)16(22)13-9-12(4)18-15-14(13)10-17-20(15)11(2)3/h9-11,21H,5-8H2,1-4H3. The van der Waals surface area contributed by atoms with E-state index in [-0.39, 0.29) is 18.6 Å². The first-order valence-electron chi connectivity index (χ1n) is 7.74. The number of pyridine rings is 1. The van der Waals surface area contributed by atoms with Crippen LogP contribution in [0.4, 0.5) is 0 Å². The van der Waals surface area contributed by atoms with Gasteiger partial charge in [-0.1, -0.05) is 6.92 Å². The molecule has 22 heavy (non-hydrogen) atoms. The number of carbonyl (C=O) groups is 1. The maximum Gasteiger partial charge on any atom is 0.254 e. The van der Waals surface area contributed by atoms with Crippen LogP contribution in [-0.4, -0.2) is 50.4 Å². The molecule has 2 rings (SSSR count). The van der Waals surface area contributed by atoms with Crippen molar-refractivity contribution in [2.45, 2.75) is 40.2 Å². The van der Waals surface area contributed by atoms with E-state index in [0.717, 1.165) is 23.1 Å². The Morgan fingerprint density at radius 2 is 2.14 bits per heavy atom. The number of aryl methyl sites for hydroxylation is 1. The molecular weight excluding hydrogens is 280 g/mol. The van der Waals surface area contributed by atoms with Crippen molar-refractivity contribution < 1.29 is 9.90 Å². The van der Waals surface area contributed by atoms with Crippen molar-refractivity contribution in [3.05, 3.63) is 23.5 Å². The molecule has 6 nitrogen and oxygen atoms in total. The minimum Gasteiger partial charge on any atom is -0.395 e. The minimum absolute atomic E-state index is 0.0375. The smallest absolute Gasteiger partial charge is 0.254 e. The fourth-order valence-electron chi connectivity index (χ4n) is 2.57. The quantitative estimate of drug-likeness (QED) is 0.888. The van der Waals surface area contributed by atoms with Crippen LogP contribution in [-0.2, 0) is 0 Å². The summed E-state index contributed by atoms with van der Waals surface area (Å²) in [5.74, 6) is -0.0743. The lowest BCUT2D eigenvalue weighted by atomic mass is 10.1. The summed E-state index contributed by atoms with van der Waals surface area (Å²) in [5.41, 5.74) is 2.13. The summed E-state index contributed by atoms with van der Waals surface area (Å²) in [7, 11) is 0. The fraction of sp³-hybridized carbons (Fsp3) is 0.562. The molecule has 0 radical (unpaired) electrons. The zero-order chi connectivity index (χ0) is 16.3. The van der Waals surface area contributed by atoms with Crippen LogP contribution in [0.5, 0.6) is 0 Å². The number of rotatable bonds is 6. The number of carbonyl (C=O) groups excluding carboxylic acids is 1. The second-order valence-corrected chi connectivity index (χ2v) is 5.75. The first-order valence-corrected chi connectivity index (χ1v) is 7.74. The van der Waals surface area contributed by atoms with Crippen LogP contribution in [0.25, 0.3) is 11.0 Å². The van der Waals surface area contributed by atoms with Gasteiger partial charge in [0.05, 0.1) is 23.8 Å². The Kier molecular flexibility index (Phi) is 5.13. The zero-order valence-corrected chi connectivity index (χ0v) is 13.7. The van der Waals surface area contributed by atoms with Gasteiger partial charge in [-0.3, -0.25) is 4.79 Å². The van der Waals surface area contributed by atoms with Crippen molar-refractivity contribution >= 4 is 16.9 Å². The summed E-state index contributed by atoms with van der Waals surface area (Å²) < 4.78 is 1.83. The predicted molar refractivity (Wildman–Crippen MR) is 85.9 cm³/mol. The number of nitrogens with zero attached hydrogens (tertiary/aromatic N) is 4. The van der Waals surface area contributed by atoms with Gasteiger partial charge in [-0.2, -0.15) is 5.10 Å². The summed E-state index contributed by atoms with van der Waals surface area (Å²) in [4.78, 5) is 19.0. The molecule has 0 bridgehead atoms. The van der Waals surface area contributed by atoms with E-state index in [2.05, 4.69) is 10.1 Å². The maximum atomic E-state index is 12.8. The van der Waals surface area contributed by atoms with Gasteiger partial charge in [-0.25, -0.2) is 9.67 Å². The first-order chi connectivity index (χ1) is 10.5. The first kappa shape index (κ1) is 16.4. The van der Waals surface area contributed by atoms with E-state index < -0.39 is 0 Å². The van der Waals surface area contributed by atoms with Crippen molar-refractivity contribution in [2.24, 2.45) is 0 Å². The molecule has 0 aliphatic heterocycles. The summed E-state index contributed by atoms with van der Waals surface area (Å²) in [6, 6.07) is 1.98. The molecular formula is C16H24N4O2. The molecule has 0 unspecified atom stereocenters. The third-order valence-corrected chi connectivity index (χ3v) is 3.56. The third kappa shape index (κ3) is 3.11. The average Bonchev–Trinajstić information content (AvgIpc) is 2.89. The Morgan fingerprint density at radius 1 is 1.41 bits per heavy atom. The van der Waals surface area contributed by atoms with E-state index >= 15 is 0 Å². The van der Waals surface area contributed by atoms with Gasteiger partial charge in [0.1, 0.15) is 0 Å². The van der Waals surface area contributed by atoms with E-state index in [0.29, 0.717) is 18.7 Å². The molecule has 0 aromatic carbocycles. The Hall–Kier alpha value is -1.95. The summed E-state index contributed by atoms with van der Waals surface area (Å²) >= 11 is 0. The highest BCUT2D eigenvalue weighted by Crippen LogP contribution is 2.22. The van der Waals surface area contributed by atoms with Gasteiger partial charge in [-0.05, 0) is 33.3 Å². The number of hydrogen-bond acceptors (Lipinski definition) is 4. The van der Waals surface area contributed by atoms with Gasteiger partial charge in [0.2, 0.25) is 0 Å². The molecule has 120 valence electrons. The molecule has 0 aliphatic rings. The third-order valence-electron chi connectivity index (χ3n) is 3.56. The van der Waals surface area contributed by atoms with Crippen molar-refractivity contribution in [3.63, 3.8) is 0 Å². The molecule has 2 heterocycles. The molecule has 0 aliphatic carbocycles. The second kappa shape index (κ2) is 6.87. The van der Waals surface area contributed by atoms with Gasteiger partial charge >= 0.3 is 0 Å². The molecule has 0 atom stereocenters. The SMILES string of the molecule is CCCN(CCO)C(=O)c1cc(C)nc2c1cnn2C(C)C. The van der Waals surface area contributed by atoms with Crippen LogP contribution in [0, 0.1) is 6.92 Å². The topological polar surface area (TPSA) is 71.2 Å². The molecule has 0 saturated carbocycles. The highest BCUT2D eigenvalue weighted by Gasteiger charge is 2.20. The summed E-state index contributed by atoms with van der Waals surface area (Å²) in [6.45, 7) is 8.89. The van der Waals surface area contributed by atoms with Crippen LogP contribution in [0.15, 0.2) is 12.3 Å². The molecule has 0 saturated heterocycles. The van der Waals surface area contributed by atoms with Gasteiger partial charge in [0, 0.05) is 24.8 Å². The van der Waals surface area contributed by atoms with Gasteiger partial charge < -0.3 is 10.0 Å². The van der Waals surface area contributed by atoms with Crippen molar-refractivity contribution in [2.75, 3.05) is 19.7 Å². The Labute approximate surface area is 130 Å². The number of aromatic nitrogens is 3. The molecule has 6 heteroatoms. The van der Waals surface area contributed by atoms with Crippen LogP contribution in [0.3, 0.4) is 0 Å². The fourth-order valence-corrected chi connectivity index (χ4v) is 2.57. The highest BCUT2D eigenvalue weighted by atomic mass is 16.3. The molecule has 2 aromatic heterocycles. The van der Waals surface area contributed by atoms with Crippen LogP contribution in [0.1, 0.15) is 49.3 Å². The predicted octanol–water partition coefficient (Wildman–Crippen LogP) is 2.17. The summed E-state index contributed by atoms with van der Waals surface area (Å²) in [6.07, 6.45) is 2.56. The van der Waals surface area contributed by atoms with Crippen molar-refractivity contribution in [3.8, 4) is 0 Å². The summed E-state index contributed by atoms with van der Waals surface area (Å²) in [5, 5.41) is 14.3. The highest BCUT2D eigenvalue weighted by molar-refractivity contribution is 6.05. The minimum atomic E-state index is -0.0743. The Morgan fingerprint density at radius 3 is 2.73 bits per heavy atom. The van der Waals surface area contributed by atoms with Gasteiger partial charge in [0.25, 0.3) is 5.91 Å². The molecule has 0 fully saturated rings. The number of aliphatic hydroxyl groups is 1. The van der Waals surface area contributed by atoms with E-state index in [9.17, 15) is 9.90 Å². The van der Waals surface area contributed by atoms with Gasteiger partial charge in [0.15, 0.2) is 5.65 Å². The number of amides is 1. The lowest BCUT2D eigenvalue weighted by Gasteiger charge is -2.21. The zero-order valence-electron chi connectivity index (χ0n) is 13.7. The lowest BCUT2D eigenvalue weighted by Crippen LogP contribution is -2.34. The number of hydrogen-bond donors (Lipinski definition) is 1. The van der Waals surface area contributed by atoms with E-state index in [1.165, 1.54) is 0 Å². The van der Waals surface area contributed by atoms with E-state index in [1.54, 1.807) is 17.2 Å². The van der Waals surface area contributed by atoms with Gasteiger partial charge in [-0.15, -0.1) is 0 Å². The second-order valence-electron chi connectivity index (χ2n) is 5.75. The molecule has 1 amide bonds. The monoisotopic (exact) mass is 304 g/mol. The Balaban J connectivity index is 2.52. The average molecular weight is 304 g/mol. The van der Waals surface area contributed by atoms with E-state index in [1.807, 2.05) is 32.4 Å². The molecule has 0 spiro atoms. The molecule has 1 N–H and O–H groups in total. The number of fused-ring (bicyclic) bond motifs is 1. The van der Waals surface area contributed by atoms with Crippen LogP contribution < -0.4 is 0 Å². The Bertz CT molecular complexity index is 657. The van der Waals surface area contributed by atoms with Crippen molar-refractivity contribution in [1.29, 1.82) is 0 Å². The number of aliphatic hydroxyl groups excluding tert-OH is 1. The maximum absolute atomic E-state index is 12.8. The largest absolute Gasteiger partial charge is 0.395 e. The lowest BCUT2D eigenvalue weighted by molar-refractivity contribution is 0.0723. The van der Waals surface area contributed by atoms with Crippen LogP contribution >= 0.6 is 0 Å². The van der Waals surface area contributed by atoms with E-state index in [4.69, 9.17) is 0 Å². The normalized spacial score (nSPS) is 11.4. The molecule has 2 aromatic rings. The van der Waals surface area contributed by atoms with Crippen molar-refractivity contribution in [1.82, 2.24) is 19.7 Å².